The van der Waals surface area contributed by atoms with E-state index in [1.165, 1.54) is 18.9 Å². The van der Waals surface area contributed by atoms with E-state index in [2.05, 4.69) is 4.98 Å². The van der Waals surface area contributed by atoms with Gasteiger partial charge in [-0.1, -0.05) is 12.1 Å². The lowest BCUT2D eigenvalue weighted by molar-refractivity contribution is -0.141. The van der Waals surface area contributed by atoms with Crippen LogP contribution in [-0.2, 0) is 4.79 Å². The molecule has 0 fully saturated rings. The SMILES string of the molecule is Cc1nc(-c2cccc(C(=O)N(C)C(C)C(=O)O)c2)cs1. The number of rotatable bonds is 4. The molecule has 5 nitrogen and oxygen atoms in total. The summed E-state index contributed by atoms with van der Waals surface area (Å²) in [4.78, 5) is 28.9. The zero-order valence-corrected chi connectivity index (χ0v) is 12.8. The van der Waals surface area contributed by atoms with E-state index in [-0.39, 0.29) is 5.91 Å². The van der Waals surface area contributed by atoms with Gasteiger partial charge < -0.3 is 10.0 Å². The molecule has 0 aliphatic rings. The van der Waals surface area contributed by atoms with Crippen LogP contribution in [0.15, 0.2) is 29.6 Å². The number of carboxylic acids is 1. The highest BCUT2D eigenvalue weighted by Crippen LogP contribution is 2.23. The fourth-order valence-electron chi connectivity index (χ4n) is 1.85. The number of carboxylic acid groups (broad SMARTS) is 1. The molecule has 1 heterocycles. The summed E-state index contributed by atoms with van der Waals surface area (Å²) in [5, 5.41) is 11.9. The summed E-state index contributed by atoms with van der Waals surface area (Å²) in [7, 11) is 1.49. The van der Waals surface area contributed by atoms with Gasteiger partial charge in [-0.05, 0) is 26.0 Å². The van der Waals surface area contributed by atoms with Crippen molar-refractivity contribution in [3.05, 3.63) is 40.2 Å². The third-order valence-corrected chi connectivity index (χ3v) is 4.06. The molecule has 0 aliphatic carbocycles. The van der Waals surface area contributed by atoms with Crippen molar-refractivity contribution >= 4 is 23.2 Å². The Kier molecular flexibility index (Phi) is 4.37. The number of likely N-dealkylation sites (N-methyl/N-ethyl adjacent to an activating group) is 1. The zero-order valence-electron chi connectivity index (χ0n) is 12.0. The third-order valence-electron chi connectivity index (χ3n) is 3.28. The summed E-state index contributed by atoms with van der Waals surface area (Å²) in [6, 6.07) is 6.20. The fraction of sp³-hybridized carbons (Fsp3) is 0.267. The number of hydrogen-bond donors (Lipinski definition) is 1. The lowest BCUT2D eigenvalue weighted by Gasteiger charge is -2.21. The number of aromatic nitrogens is 1. The first-order valence-electron chi connectivity index (χ1n) is 6.42. The maximum Gasteiger partial charge on any atom is 0.326 e. The van der Waals surface area contributed by atoms with Gasteiger partial charge in [0.2, 0.25) is 0 Å². The van der Waals surface area contributed by atoms with Crippen LogP contribution in [0, 0.1) is 6.92 Å². The molecule has 0 radical (unpaired) electrons. The molecule has 21 heavy (non-hydrogen) atoms. The molecule has 0 spiro atoms. The maximum absolute atomic E-state index is 12.3. The van der Waals surface area contributed by atoms with E-state index < -0.39 is 12.0 Å². The number of amides is 1. The van der Waals surface area contributed by atoms with Crippen molar-refractivity contribution in [3.8, 4) is 11.3 Å². The first kappa shape index (κ1) is 15.2. The van der Waals surface area contributed by atoms with E-state index >= 15 is 0 Å². The van der Waals surface area contributed by atoms with Crippen molar-refractivity contribution in [2.75, 3.05) is 7.05 Å². The Morgan fingerprint density at radius 2 is 2.10 bits per heavy atom. The van der Waals surface area contributed by atoms with E-state index in [4.69, 9.17) is 5.11 Å². The summed E-state index contributed by atoms with van der Waals surface area (Å²) in [6.45, 7) is 3.40. The van der Waals surface area contributed by atoms with Crippen molar-refractivity contribution in [1.29, 1.82) is 0 Å². The predicted molar refractivity (Wildman–Crippen MR) is 81.5 cm³/mol. The standard InChI is InChI=1S/C15H16N2O3S/c1-9(15(19)20)17(3)14(18)12-6-4-5-11(7-12)13-8-21-10(2)16-13/h4-9H,1-3H3,(H,19,20). The number of aliphatic carboxylic acids is 1. The second-order valence-electron chi connectivity index (χ2n) is 4.76. The highest BCUT2D eigenvalue weighted by molar-refractivity contribution is 7.09. The highest BCUT2D eigenvalue weighted by atomic mass is 32.1. The molecule has 6 heteroatoms. The van der Waals surface area contributed by atoms with Crippen LogP contribution in [0.25, 0.3) is 11.3 Å². The first-order chi connectivity index (χ1) is 9.90. The number of thiazole rings is 1. The zero-order chi connectivity index (χ0) is 15.6. The molecule has 0 bridgehead atoms. The van der Waals surface area contributed by atoms with Crippen molar-refractivity contribution in [2.24, 2.45) is 0 Å². The van der Waals surface area contributed by atoms with Crippen LogP contribution in [0.3, 0.4) is 0 Å². The van der Waals surface area contributed by atoms with Gasteiger partial charge in [0, 0.05) is 23.6 Å². The Morgan fingerprint density at radius 3 is 2.67 bits per heavy atom. The minimum atomic E-state index is -1.03. The third kappa shape index (κ3) is 3.28. The van der Waals surface area contributed by atoms with E-state index in [0.717, 1.165) is 16.3 Å². The maximum atomic E-state index is 12.3. The molecule has 2 rings (SSSR count). The van der Waals surface area contributed by atoms with E-state index in [0.29, 0.717) is 5.56 Å². The van der Waals surface area contributed by atoms with E-state index in [9.17, 15) is 9.59 Å². The average Bonchev–Trinajstić information content (AvgIpc) is 2.91. The molecule has 1 amide bonds. The van der Waals surface area contributed by atoms with Gasteiger partial charge in [0.15, 0.2) is 0 Å². The van der Waals surface area contributed by atoms with Crippen molar-refractivity contribution in [1.82, 2.24) is 9.88 Å². The Balaban J connectivity index is 2.29. The summed E-state index contributed by atoms with van der Waals surface area (Å²) in [5.41, 5.74) is 2.12. The van der Waals surface area contributed by atoms with Gasteiger partial charge in [-0.2, -0.15) is 0 Å². The van der Waals surface area contributed by atoms with Crippen LogP contribution < -0.4 is 0 Å². The second-order valence-corrected chi connectivity index (χ2v) is 5.83. The molecule has 1 aromatic carbocycles. The Labute approximate surface area is 126 Å². The number of nitrogens with zero attached hydrogens (tertiary/aromatic N) is 2. The summed E-state index contributed by atoms with van der Waals surface area (Å²) in [5.74, 6) is -1.35. The van der Waals surface area contributed by atoms with Gasteiger partial charge >= 0.3 is 5.97 Å². The van der Waals surface area contributed by atoms with Crippen LogP contribution in [0.1, 0.15) is 22.3 Å². The predicted octanol–water partition coefficient (Wildman–Crippen LogP) is 2.66. The molecule has 1 aromatic heterocycles. The van der Waals surface area contributed by atoms with Gasteiger partial charge in [0.1, 0.15) is 6.04 Å². The van der Waals surface area contributed by atoms with Gasteiger partial charge in [0.05, 0.1) is 10.7 Å². The van der Waals surface area contributed by atoms with Gasteiger partial charge in [0.25, 0.3) is 5.91 Å². The van der Waals surface area contributed by atoms with Crippen molar-refractivity contribution in [2.45, 2.75) is 19.9 Å². The van der Waals surface area contributed by atoms with Crippen LogP contribution in [-0.4, -0.2) is 40.0 Å². The largest absolute Gasteiger partial charge is 0.480 e. The van der Waals surface area contributed by atoms with Gasteiger partial charge in [-0.3, -0.25) is 4.79 Å². The molecule has 0 aliphatic heterocycles. The van der Waals surface area contributed by atoms with Gasteiger partial charge in [-0.25, -0.2) is 9.78 Å². The lowest BCUT2D eigenvalue weighted by Crippen LogP contribution is -2.40. The average molecular weight is 304 g/mol. The van der Waals surface area contributed by atoms with Gasteiger partial charge in [-0.15, -0.1) is 11.3 Å². The highest BCUT2D eigenvalue weighted by Gasteiger charge is 2.22. The number of carbonyl (C=O) groups is 2. The molecule has 2 aromatic rings. The minimum Gasteiger partial charge on any atom is -0.480 e. The van der Waals surface area contributed by atoms with Crippen molar-refractivity contribution < 1.29 is 14.7 Å². The summed E-state index contributed by atoms with van der Waals surface area (Å²) in [6.07, 6.45) is 0. The fourth-order valence-corrected chi connectivity index (χ4v) is 2.47. The second kappa shape index (κ2) is 6.05. The molecular formula is C15H16N2O3S. The van der Waals surface area contributed by atoms with Crippen molar-refractivity contribution in [3.63, 3.8) is 0 Å². The molecule has 0 saturated heterocycles. The van der Waals surface area contributed by atoms with E-state index in [1.54, 1.807) is 29.5 Å². The molecular weight excluding hydrogens is 288 g/mol. The summed E-state index contributed by atoms with van der Waals surface area (Å²) < 4.78 is 0. The van der Waals surface area contributed by atoms with Crippen LogP contribution in [0.2, 0.25) is 0 Å². The molecule has 1 atom stereocenters. The number of benzene rings is 1. The topological polar surface area (TPSA) is 70.5 Å². The minimum absolute atomic E-state index is 0.321. The number of aryl methyl sites for hydroxylation is 1. The van der Waals surface area contributed by atoms with E-state index in [1.807, 2.05) is 18.4 Å². The molecule has 0 saturated carbocycles. The summed E-state index contributed by atoms with van der Waals surface area (Å²) >= 11 is 1.54. The first-order valence-corrected chi connectivity index (χ1v) is 7.30. The normalized spacial score (nSPS) is 12.0. The van der Waals surface area contributed by atoms with Crippen LogP contribution in [0.5, 0.6) is 0 Å². The lowest BCUT2D eigenvalue weighted by atomic mass is 10.1. The molecule has 1 unspecified atom stereocenters. The Morgan fingerprint density at radius 1 is 1.38 bits per heavy atom. The quantitative estimate of drug-likeness (QED) is 0.942. The molecule has 1 N–H and O–H groups in total. The number of hydrogen-bond acceptors (Lipinski definition) is 4. The molecule has 110 valence electrons. The monoisotopic (exact) mass is 304 g/mol. The Bertz CT molecular complexity index is 681. The number of carbonyl (C=O) groups excluding carboxylic acids is 1. The van der Waals surface area contributed by atoms with Crippen LogP contribution >= 0.6 is 11.3 Å². The van der Waals surface area contributed by atoms with Crippen LogP contribution in [0.4, 0.5) is 0 Å². The Hall–Kier alpha value is -2.21. The smallest absolute Gasteiger partial charge is 0.326 e.